The van der Waals surface area contributed by atoms with Crippen LogP contribution in [0, 0.1) is 5.82 Å². The molecule has 0 heterocycles. The molecule has 1 aliphatic rings. The highest BCUT2D eigenvalue weighted by atomic mass is 32.2. The van der Waals surface area contributed by atoms with Crippen molar-refractivity contribution in [3.8, 4) is 0 Å². The predicted molar refractivity (Wildman–Crippen MR) is 98.9 cm³/mol. The highest BCUT2D eigenvalue weighted by molar-refractivity contribution is 7.88. The number of benzene rings is 2. The van der Waals surface area contributed by atoms with Gasteiger partial charge >= 0.3 is 0 Å². The summed E-state index contributed by atoms with van der Waals surface area (Å²) in [5.41, 5.74) is 2.42. The van der Waals surface area contributed by atoms with Crippen molar-refractivity contribution in [1.82, 2.24) is 10.0 Å². The molecule has 1 amide bonds. The van der Waals surface area contributed by atoms with E-state index < -0.39 is 27.8 Å². The van der Waals surface area contributed by atoms with Crippen LogP contribution in [0.5, 0.6) is 0 Å². The minimum atomic E-state index is -3.67. The molecule has 2 N–H and O–H groups in total. The second kappa shape index (κ2) is 7.75. The smallest absolute Gasteiger partial charge is 0.243 e. The summed E-state index contributed by atoms with van der Waals surface area (Å²) in [6, 6.07) is 11.4. The average molecular weight is 392 g/mol. The minimum absolute atomic E-state index is 0.322. The standard InChI is InChI=1S/C19H21FN2O4S/c1-26-18-15-6-4-3-5-13(15)11-16(18)21-19(23)17(22-27(2,24)25)12-7-9-14(20)10-8-12/h3-10,16-18,22H,11H2,1-2H3,(H,21,23)/t16?,17-,18?/m0/s1. The topological polar surface area (TPSA) is 84.5 Å². The molecule has 3 rings (SSSR count). The zero-order valence-electron chi connectivity index (χ0n) is 15.0. The van der Waals surface area contributed by atoms with Crippen molar-refractivity contribution in [2.45, 2.75) is 24.6 Å². The molecule has 0 radical (unpaired) electrons. The SMILES string of the molecule is COC1c2ccccc2CC1NC(=O)[C@@H](NS(C)(=O)=O)c1ccc(F)cc1. The molecule has 0 saturated carbocycles. The Morgan fingerprint density at radius 2 is 1.85 bits per heavy atom. The van der Waals surface area contributed by atoms with E-state index in [2.05, 4.69) is 10.0 Å². The minimum Gasteiger partial charge on any atom is -0.375 e. The van der Waals surface area contributed by atoms with E-state index in [1.54, 1.807) is 7.11 Å². The molecule has 2 aromatic rings. The Kier molecular flexibility index (Phi) is 5.59. The highest BCUT2D eigenvalue weighted by Crippen LogP contribution is 2.34. The van der Waals surface area contributed by atoms with Crippen LogP contribution in [0.15, 0.2) is 48.5 Å². The number of sulfonamides is 1. The first-order chi connectivity index (χ1) is 12.8. The van der Waals surface area contributed by atoms with Crippen molar-refractivity contribution < 1.29 is 22.3 Å². The lowest BCUT2D eigenvalue weighted by atomic mass is 10.1. The third kappa shape index (κ3) is 4.52. The van der Waals surface area contributed by atoms with Gasteiger partial charge in [0.1, 0.15) is 18.0 Å². The summed E-state index contributed by atoms with van der Waals surface area (Å²) in [6.07, 6.45) is 1.23. The largest absolute Gasteiger partial charge is 0.375 e. The monoisotopic (exact) mass is 392 g/mol. The van der Waals surface area contributed by atoms with E-state index in [1.807, 2.05) is 24.3 Å². The molecule has 0 saturated heterocycles. The van der Waals surface area contributed by atoms with Crippen LogP contribution < -0.4 is 10.0 Å². The second-order valence-corrected chi connectivity index (χ2v) is 8.33. The number of carbonyl (C=O) groups excluding carboxylic acids is 1. The summed E-state index contributed by atoms with van der Waals surface area (Å²) in [5, 5.41) is 2.88. The van der Waals surface area contributed by atoms with Crippen molar-refractivity contribution in [1.29, 1.82) is 0 Å². The van der Waals surface area contributed by atoms with Gasteiger partial charge in [0.2, 0.25) is 15.9 Å². The quantitative estimate of drug-likeness (QED) is 0.786. The van der Waals surface area contributed by atoms with Crippen molar-refractivity contribution >= 4 is 15.9 Å². The summed E-state index contributed by atoms with van der Waals surface area (Å²) in [6.45, 7) is 0. The molecule has 1 aliphatic carbocycles. The van der Waals surface area contributed by atoms with Gasteiger partial charge in [0.05, 0.1) is 12.3 Å². The Bertz CT molecular complexity index is 931. The Balaban J connectivity index is 1.83. The fourth-order valence-electron chi connectivity index (χ4n) is 3.38. The molecule has 6 nitrogen and oxygen atoms in total. The van der Waals surface area contributed by atoms with E-state index in [1.165, 1.54) is 24.3 Å². The number of ether oxygens (including phenoxy) is 1. The van der Waals surface area contributed by atoms with Gasteiger partial charge in [0.25, 0.3) is 0 Å². The number of fused-ring (bicyclic) bond motifs is 1. The molecule has 2 unspecified atom stereocenters. The number of methoxy groups -OCH3 is 1. The molecule has 2 aromatic carbocycles. The van der Waals surface area contributed by atoms with Gasteiger partial charge in [-0.15, -0.1) is 0 Å². The van der Waals surface area contributed by atoms with E-state index in [4.69, 9.17) is 4.74 Å². The number of halogens is 1. The van der Waals surface area contributed by atoms with E-state index in [-0.39, 0.29) is 12.1 Å². The zero-order chi connectivity index (χ0) is 19.6. The lowest BCUT2D eigenvalue weighted by molar-refractivity contribution is -0.124. The van der Waals surface area contributed by atoms with Crippen LogP contribution >= 0.6 is 0 Å². The number of hydrogen-bond acceptors (Lipinski definition) is 4. The van der Waals surface area contributed by atoms with Crippen LogP contribution in [-0.2, 0) is 26.0 Å². The van der Waals surface area contributed by atoms with Crippen molar-refractivity contribution in [3.63, 3.8) is 0 Å². The second-order valence-electron chi connectivity index (χ2n) is 6.55. The van der Waals surface area contributed by atoms with Crippen LogP contribution in [0.1, 0.15) is 28.8 Å². The van der Waals surface area contributed by atoms with Crippen LogP contribution in [0.25, 0.3) is 0 Å². The summed E-state index contributed by atoms with van der Waals surface area (Å²) in [4.78, 5) is 12.9. The summed E-state index contributed by atoms with van der Waals surface area (Å²) < 4.78 is 44.5. The molecule has 8 heteroatoms. The van der Waals surface area contributed by atoms with E-state index >= 15 is 0 Å². The van der Waals surface area contributed by atoms with Gasteiger partial charge in [-0.2, -0.15) is 4.72 Å². The molecule has 144 valence electrons. The van der Waals surface area contributed by atoms with Crippen LogP contribution in [-0.4, -0.2) is 33.7 Å². The van der Waals surface area contributed by atoms with E-state index in [9.17, 15) is 17.6 Å². The maximum atomic E-state index is 13.2. The van der Waals surface area contributed by atoms with Gasteiger partial charge < -0.3 is 10.1 Å². The fourth-order valence-corrected chi connectivity index (χ4v) is 4.06. The van der Waals surface area contributed by atoms with Gasteiger partial charge in [-0.1, -0.05) is 36.4 Å². The van der Waals surface area contributed by atoms with Gasteiger partial charge in [-0.3, -0.25) is 4.79 Å². The first-order valence-corrected chi connectivity index (χ1v) is 10.3. The lowest BCUT2D eigenvalue weighted by Crippen LogP contribution is -2.45. The predicted octanol–water partition coefficient (Wildman–Crippen LogP) is 1.84. The van der Waals surface area contributed by atoms with Crippen LogP contribution in [0.2, 0.25) is 0 Å². The molecule has 3 atom stereocenters. The van der Waals surface area contributed by atoms with Crippen LogP contribution in [0.3, 0.4) is 0 Å². The molecule has 0 spiro atoms. The van der Waals surface area contributed by atoms with Crippen molar-refractivity contribution in [2.75, 3.05) is 13.4 Å². The molecule has 0 aliphatic heterocycles. The first kappa shape index (κ1) is 19.5. The maximum absolute atomic E-state index is 13.2. The molecule has 0 fully saturated rings. The summed E-state index contributed by atoms with van der Waals surface area (Å²) in [7, 11) is -2.10. The summed E-state index contributed by atoms with van der Waals surface area (Å²) in [5.74, 6) is -0.991. The Labute approximate surface area is 157 Å². The molecular formula is C19H21FN2O4S. The Morgan fingerprint density at radius 3 is 2.48 bits per heavy atom. The van der Waals surface area contributed by atoms with E-state index in [0.29, 0.717) is 12.0 Å². The number of rotatable bonds is 6. The Hall–Kier alpha value is -2.29. The molecule has 0 bridgehead atoms. The molecular weight excluding hydrogens is 371 g/mol. The molecule has 0 aromatic heterocycles. The van der Waals surface area contributed by atoms with Crippen molar-refractivity contribution in [2.24, 2.45) is 0 Å². The number of amides is 1. The van der Waals surface area contributed by atoms with Gasteiger partial charge in [-0.25, -0.2) is 12.8 Å². The third-order valence-electron chi connectivity index (χ3n) is 4.55. The number of carbonyl (C=O) groups is 1. The van der Waals surface area contributed by atoms with E-state index in [0.717, 1.165) is 17.4 Å². The summed E-state index contributed by atoms with van der Waals surface area (Å²) >= 11 is 0. The average Bonchev–Trinajstić information content (AvgIpc) is 2.96. The zero-order valence-corrected chi connectivity index (χ0v) is 15.8. The van der Waals surface area contributed by atoms with Gasteiger partial charge in [0, 0.05) is 7.11 Å². The van der Waals surface area contributed by atoms with Gasteiger partial charge in [0.15, 0.2) is 0 Å². The third-order valence-corrected chi connectivity index (χ3v) is 5.21. The lowest BCUT2D eigenvalue weighted by Gasteiger charge is -2.24. The molecule has 27 heavy (non-hydrogen) atoms. The van der Waals surface area contributed by atoms with Crippen molar-refractivity contribution in [3.05, 3.63) is 71.0 Å². The highest BCUT2D eigenvalue weighted by Gasteiger charge is 2.35. The van der Waals surface area contributed by atoms with Crippen LogP contribution in [0.4, 0.5) is 4.39 Å². The Morgan fingerprint density at radius 1 is 1.19 bits per heavy atom. The fraction of sp³-hybridized carbons (Fsp3) is 0.316. The maximum Gasteiger partial charge on any atom is 0.243 e. The normalized spacial score (nSPS) is 20.1. The first-order valence-electron chi connectivity index (χ1n) is 8.42. The number of hydrogen-bond donors (Lipinski definition) is 2. The number of nitrogens with one attached hydrogen (secondary N) is 2. The van der Waals surface area contributed by atoms with Gasteiger partial charge in [-0.05, 0) is 35.2 Å².